The van der Waals surface area contributed by atoms with E-state index in [-0.39, 0.29) is 6.10 Å². The maximum atomic E-state index is 11.0. The van der Waals surface area contributed by atoms with E-state index in [1.807, 2.05) is 0 Å². The first-order chi connectivity index (χ1) is 10.5. The van der Waals surface area contributed by atoms with Crippen LogP contribution in [0.4, 0.5) is 0 Å². The van der Waals surface area contributed by atoms with Crippen LogP contribution in [0.1, 0.15) is 78.6 Å². The molecule has 0 unspecified atom stereocenters. The Labute approximate surface area is 136 Å². The summed E-state index contributed by atoms with van der Waals surface area (Å²) >= 11 is 0. The minimum absolute atomic E-state index is 0.0670. The van der Waals surface area contributed by atoms with Gasteiger partial charge in [-0.05, 0) is 85.9 Å². The molecule has 4 rings (SSSR count). The molecule has 0 spiro atoms. The van der Waals surface area contributed by atoms with Crippen molar-refractivity contribution in [1.82, 2.24) is 0 Å². The lowest BCUT2D eigenvalue weighted by molar-refractivity contribution is -0.108. The van der Waals surface area contributed by atoms with Crippen LogP contribution in [0.3, 0.4) is 0 Å². The second kappa shape index (κ2) is 5.10. The second-order valence-electron chi connectivity index (χ2n) is 9.33. The number of hydrogen-bond donors (Lipinski definition) is 1. The van der Waals surface area contributed by atoms with Crippen molar-refractivity contribution in [3.05, 3.63) is 11.6 Å². The van der Waals surface area contributed by atoms with Crippen molar-refractivity contribution in [3.63, 3.8) is 0 Å². The van der Waals surface area contributed by atoms with Crippen molar-refractivity contribution in [2.24, 2.45) is 34.5 Å². The van der Waals surface area contributed by atoms with Crippen LogP contribution in [-0.4, -0.2) is 11.2 Å². The molecule has 4 aliphatic rings. The molecule has 1 nitrogen and oxygen atoms in total. The number of fused-ring (bicyclic) bond motifs is 5. The smallest absolute Gasteiger partial charge is 0.0611 e. The van der Waals surface area contributed by atoms with Gasteiger partial charge in [-0.15, -0.1) is 0 Å². The van der Waals surface area contributed by atoms with Crippen molar-refractivity contribution in [2.45, 2.75) is 84.7 Å². The highest BCUT2D eigenvalue weighted by molar-refractivity contribution is 5.25. The van der Waals surface area contributed by atoms with Gasteiger partial charge in [0.25, 0.3) is 0 Å². The average Bonchev–Trinajstić information content (AvgIpc) is 2.84. The van der Waals surface area contributed by atoms with E-state index in [4.69, 9.17) is 0 Å². The summed E-state index contributed by atoms with van der Waals surface area (Å²) in [4.78, 5) is 0. The molecule has 1 N–H and O–H groups in total. The molecule has 0 saturated heterocycles. The summed E-state index contributed by atoms with van der Waals surface area (Å²) in [5, 5.41) is 11.0. The fraction of sp³-hybridized carbons (Fsp3) is 0.905. The van der Waals surface area contributed by atoms with Gasteiger partial charge in [0.2, 0.25) is 0 Å². The first-order valence-electron chi connectivity index (χ1n) is 9.88. The Kier molecular flexibility index (Phi) is 3.53. The van der Waals surface area contributed by atoms with Crippen LogP contribution in [0.5, 0.6) is 0 Å². The molecular formula is C21H34O. The summed E-state index contributed by atoms with van der Waals surface area (Å²) in [6, 6.07) is 0. The van der Waals surface area contributed by atoms with E-state index in [1.165, 1.54) is 51.4 Å². The molecule has 0 bridgehead atoms. The predicted molar refractivity (Wildman–Crippen MR) is 91.5 cm³/mol. The highest BCUT2D eigenvalue weighted by Gasteiger charge is 2.60. The molecule has 0 aromatic heterocycles. The molecule has 0 aromatic carbocycles. The largest absolute Gasteiger partial charge is 0.392 e. The lowest BCUT2D eigenvalue weighted by atomic mass is 9.46. The van der Waals surface area contributed by atoms with Gasteiger partial charge >= 0.3 is 0 Å². The highest BCUT2D eigenvalue weighted by atomic mass is 16.3. The third-order valence-electron chi connectivity index (χ3n) is 8.74. The van der Waals surface area contributed by atoms with Gasteiger partial charge in [-0.2, -0.15) is 0 Å². The Bertz CT molecular complexity index is 480. The fourth-order valence-corrected chi connectivity index (χ4v) is 7.49. The topological polar surface area (TPSA) is 20.2 Å². The van der Waals surface area contributed by atoms with Gasteiger partial charge in [-0.3, -0.25) is 0 Å². The summed E-state index contributed by atoms with van der Waals surface area (Å²) in [6.45, 7) is 7.48. The van der Waals surface area contributed by atoms with E-state index in [2.05, 4.69) is 26.8 Å². The van der Waals surface area contributed by atoms with E-state index in [9.17, 15) is 5.11 Å². The Morgan fingerprint density at radius 3 is 2.73 bits per heavy atom. The zero-order valence-corrected chi connectivity index (χ0v) is 14.8. The SMILES string of the molecule is CC[C@H]1CC[C@H]2[C@@H]3[C@H](O)CC4=CCCC[C@]4(C)[C@H]3CC[C@]12C. The molecule has 0 radical (unpaired) electrons. The average molecular weight is 303 g/mol. The quantitative estimate of drug-likeness (QED) is 0.648. The van der Waals surface area contributed by atoms with Crippen LogP contribution >= 0.6 is 0 Å². The summed E-state index contributed by atoms with van der Waals surface area (Å²) in [5.74, 6) is 3.01. The number of aliphatic hydroxyl groups excluding tert-OH is 1. The van der Waals surface area contributed by atoms with Crippen LogP contribution in [0.2, 0.25) is 0 Å². The molecule has 3 fully saturated rings. The Balaban J connectivity index is 1.71. The normalized spacial score (nSPS) is 54.2. The lowest BCUT2D eigenvalue weighted by Crippen LogP contribution is -2.55. The van der Waals surface area contributed by atoms with E-state index < -0.39 is 0 Å². The molecule has 22 heavy (non-hydrogen) atoms. The Morgan fingerprint density at radius 2 is 1.95 bits per heavy atom. The summed E-state index contributed by atoms with van der Waals surface area (Å²) in [7, 11) is 0. The summed E-state index contributed by atoms with van der Waals surface area (Å²) in [5.41, 5.74) is 2.54. The van der Waals surface area contributed by atoms with Crippen LogP contribution in [0.15, 0.2) is 11.6 Å². The summed E-state index contributed by atoms with van der Waals surface area (Å²) in [6.07, 6.45) is 14.3. The maximum Gasteiger partial charge on any atom is 0.0611 e. The molecule has 0 heterocycles. The Hall–Kier alpha value is -0.300. The van der Waals surface area contributed by atoms with Gasteiger partial charge in [-0.25, -0.2) is 0 Å². The van der Waals surface area contributed by atoms with Gasteiger partial charge in [-0.1, -0.05) is 38.8 Å². The molecule has 0 aliphatic heterocycles. The lowest BCUT2D eigenvalue weighted by Gasteiger charge is -2.59. The summed E-state index contributed by atoms with van der Waals surface area (Å²) < 4.78 is 0. The Morgan fingerprint density at radius 1 is 1.14 bits per heavy atom. The molecule has 4 aliphatic carbocycles. The maximum absolute atomic E-state index is 11.0. The molecule has 7 atom stereocenters. The van der Waals surface area contributed by atoms with Crippen LogP contribution in [-0.2, 0) is 0 Å². The monoisotopic (exact) mass is 302 g/mol. The van der Waals surface area contributed by atoms with Crippen LogP contribution in [0.25, 0.3) is 0 Å². The van der Waals surface area contributed by atoms with Crippen LogP contribution < -0.4 is 0 Å². The van der Waals surface area contributed by atoms with Gasteiger partial charge in [0, 0.05) is 0 Å². The predicted octanol–water partition coefficient (Wildman–Crippen LogP) is 5.34. The van der Waals surface area contributed by atoms with Gasteiger partial charge < -0.3 is 5.11 Å². The van der Waals surface area contributed by atoms with Crippen molar-refractivity contribution < 1.29 is 5.11 Å². The zero-order chi connectivity index (χ0) is 15.5. The minimum atomic E-state index is -0.0670. The van der Waals surface area contributed by atoms with Crippen molar-refractivity contribution >= 4 is 0 Å². The van der Waals surface area contributed by atoms with Gasteiger partial charge in [0.1, 0.15) is 0 Å². The number of aliphatic hydroxyl groups is 1. The second-order valence-corrected chi connectivity index (χ2v) is 9.33. The minimum Gasteiger partial charge on any atom is -0.392 e. The third kappa shape index (κ3) is 1.87. The van der Waals surface area contributed by atoms with Crippen molar-refractivity contribution in [2.75, 3.05) is 0 Å². The van der Waals surface area contributed by atoms with Crippen LogP contribution in [0, 0.1) is 34.5 Å². The van der Waals surface area contributed by atoms with E-state index >= 15 is 0 Å². The highest BCUT2D eigenvalue weighted by Crippen LogP contribution is 2.67. The first kappa shape index (κ1) is 15.2. The number of allylic oxidation sites excluding steroid dienone is 1. The van der Waals surface area contributed by atoms with E-state index in [1.54, 1.807) is 5.57 Å². The molecule has 0 amide bonds. The number of hydrogen-bond acceptors (Lipinski definition) is 1. The van der Waals surface area contributed by atoms with E-state index in [0.717, 1.165) is 24.2 Å². The molecule has 124 valence electrons. The van der Waals surface area contributed by atoms with Crippen molar-refractivity contribution in [3.8, 4) is 0 Å². The molecular weight excluding hydrogens is 268 g/mol. The fourth-order valence-electron chi connectivity index (χ4n) is 7.49. The molecule has 3 saturated carbocycles. The van der Waals surface area contributed by atoms with Gasteiger partial charge in [0.15, 0.2) is 0 Å². The molecule has 0 aromatic rings. The standard InChI is InChI=1S/C21H34O/c1-4-14-8-9-16-19-17(10-12-21(14,16)3)20(2)11-6-5-7-15(20)13-18(19)22/h7,14,16-19,22H,4-6,8-13H2,1-3H3/t14-,16-,17-,18+,19-,20-,21+/m0/s1. The third-order valence-corrected chi connectivity index (χ3v) is 8.74. The van der Waals surface area contributed by atoms with Gasteiger partial charge in [0.05, 0.1) is 6.10 Å². The first-order valence-corrected chi connectivity index (χ1v) is 9.88. The van der Waals surface area contributed by atoms with Crippen molar-refractivity contribution in [1.29, 1.82) is 0 Å². The van der Waals surface area contributed by atoms with E-state index in [0.29, 0.717) is 16.7 Å². The zero-order valence-electron chi connectivity index (χ0n) is 14.8. The number of rotatable bonds is 1. The molecule has 1 heteroatoms.